The summed E-state index contributed by atoms with van der Waals surface area (Å²) in [5.41, 5.74) is 12.1. The van der Waals surface area contributed by atoms with Gasteiger partial charge in [-0.05, 0) is 36.4 Å². The second-order valence-corrected chi connectivity index (χ2v) is 4.10. The first-order chi connectivity index (χ1) is 9.51. The summed E-state index contributed by atoms with van der Waals surface area (Å²) < 4.78 is 13.8. The summed E-state index contributed by atoms with van der Waals surface area (Å²) in [6.45, 7) is 0. The van der Waals surface area contributed by atoms with Crippen LogP contribution in [0.5, 0.6) is 0 Å². The fourth-order valence-electron chi connectivity index (χ4n) is 1.71. The van der Waals surface area contributed by atoms with E-state index in [9.17, 15) is 9.18 Å². The summed E-state index contributed by atoms with van der Waals surface area (Å²) in [4.78, 5) is 11.3. The predicted molar refractivity (Wildman–Crippen MR) is 73.8 cm³/mol. The van der Waals surface area contributed by atoms with Crippen LogP contribution in [0.15, 0.2) is 36.4 Å². The van der Waals surface area contributed by atoms with Crippen molar-refractivity contribution in [2.24, 2.45) is 5.73 Å². The van der Waals surface area contributed by atoms with Crippen molar-refractivity contribution in [2.75, 3.05) is 11.1 Å². The fraction of sp³-hybridized carbons (Fsp3) is 0. The Labute approximate surface area is 114 Å². The van der Waals surface area contributed by atoms with Gasteiger partial charge in [-0.1, -0.05) is 0 Å². The summed E-state index contributed by atoms with van der Waals surface area (Å²) in [5, 5.41) is 11.4. The van der Waals surface area contributed by atoms with E-state index in [1.807, 2.05) is 6.07 Å². The highest BCUT2D eigenvalue weighted by Gasteiger charge is 2.11. The Hall–Kier alpha value is -3.07. The summed E-state index contributed by atoms with van der Waals surface area (Å²) in [6.07, 6.45) is 0. The average molecular weight is 270 g/mol. The maximum atomic E-state index is 13.8. The van der Waals surface area contributed by atoms with Gasteiger partial charge in [-0.15, -0.1) is 0 Å². The molecule has 0 atom stereocenters. The van der Waals surface area contributed by atoms with Gasteiger partial charge in [0, 0.05) is 5.69 Å². The molecule has 5 N–H and O–H groups in total. The van der Waals surface area contributed by atoms with Gasteiger partial charge in [0.2, 0.25) is 0 Å². The molecule has 0 bridgehead atoms. The largest absolute Gasteiger partial charge is 0.399 e. The lowest BCUT2D eigenvalue weighted by atomic mass is 10.1. The normalized spacial score (nSPS) is 9.80. The molecule has 0 saturated heterocycles. The van der Waals surface area contributed by atoms with Crippen molar-refractivity contribution in [3.05, 3.63) is 53.3 Å². The van der Waals surface area contributed by atoms with Crippen LogP contribution >= 0.6 is 0 Å². The third-order valence-corrected chi connectivity index (χ3v) is 2.68. The first kappa shape index (κ1) is 13.4. The number of benzene rings is 2. The van der Waals surface area contributed by atoms with Crippen LogP contribution < -0.4 is 16.8 Å². The standard InChI is InChI=1S/C14H11FN4O/c15-11-5-8(7-16)1-4-12(11)19-13-6-9(17)2-3-10(13)14(18)20/h1-6,19H,17H2,(H2,18,20). The number of nitrogens with one attached hydrogen (secondary N) is 1. The lowest BCUT2D eigenvalue weighted by molar-refractivity contribution is 0.100. The summed E-state index contributed by atoms with van der Waals surface area (Å²) in [6, 6.07) is 10.3. The molecule has 20 heavy (non-hydrogen) atoms. The van der Waals surface area contributed by atoms with E-state index in [4.69, 9.17) is 16.7 Å². The van der Waals surface area contributed by atoms with E-state index in [1.165, 1.54) is 30.3 Å². The minimum Gasteiger partial charge on any atom is -0.399 e. The minimum absolute atomic E-state index is 0.122. The van der Waals surface area contributed by atoms with Crippen LogP contribution in [0, 0.1) is 17.1 Å². The molecular weight excluding hydrogens is 259 g/mol. The molecule has 0 radical (unpaired) electrons. The van der Waals surface area contributed by atoms with Crippen molar-refractivity contribution < 1.29 is 9.18 Å². The zero-order valence-electron chi connectivity index (χ0n) is 10.4. The van der Waals surface area contributed by atoms with Crippen molar-refractivity contribution in [3.63, 3.8) is 0 Å². The Kier molecular flexibility index (Phi) is 3.53. The van der Waals surface area contributed by atoms with Crippen LogP contribution in [0.4, 0.5) is 21.5 Å². The molecule has 0 aliphatic rings. The van der Waals surface area contributed by atoms with E-state index in [-0.39, 0.29) is 16.8 Å². The number of hydrogen-bond donors (Lipinski definition) is 3. The van der Waals surface area contributed by atoms with Gasteiger partial charge >= 0.3 is 0 Å². The SMILES string of the molecule is N#Cc1ccc(Nc2cc(N)ccc2C(N)=O)c(F)c1. The molecule has 6 heteroatoms. The highest BCUT2D eigenvalue weighted by Crippen LogP contribution is 2.25. The van der Waals surface area contributed by atoms with E-state index in [1.54, 1.807) is 0 Å². The topological polar surface area (TPSA) is 105 Å². The van der Waals surface area contributed by atoms with Crippen LogP contribution in [0.1, 0.15) is 15.9 Å². The molecule has 100 valence electrons. The van der Waals surface area contributed by atoms with Crippen LogP contribution in [-0.4, -0.2) is 5.91 Å². The van der Waals surface area contributed by atoms with E-state index in [2.05, 4.69) is 5.32 Å². The number of nitrogen functional groups attached to an aromatic ring is 1. The number of nitriles is 1. The molecule has 0 aliphatic carbocycles. The molecule has 2 aromatic rings. The number of carbonyl (C=O) groups excluding carboxylic acids is 1. The third-order valence-electron chi connectivity index (χ3n) is 2.68. The third kappa shape index (κ3) is 2.67. The number of hydrogen-bond acceptors (Lipinski definition) is 4. The van der Waals surface area contributed by atoms with Crippen molar-refractivity contribution in [1.29, 1.82) is 5.26 Å². The molecule has 0 unspecified atom stereocenters. The van der Waals surface area contributed by atoms with Gasteiger partial charge in [-0.3, -0.25) is 4.79 Å². The van der Waals surface area contributed by atoms with Gasteiger partial charge in [0.25, 0.3) is 5.91 Å². The van der Waals surface area contributed by atoms with E-state index in [0.717, 1.165) is 6.07 Å². The summed E-state index contributed by atoms with van der Waals surface area (Å²) >= 11 is 0. The second-order valence-electron chi connectivity index (χ2n) is 4.10. The van der Waals surface area contributed by atoms with E-state index < -0.39 is 11.7 Å². The first-order valence-corrected chi connectivity index (χ1v) is 5.67. The van der Waals surface area contributed by atoms with Crippen molar-refractivity contribution in [1.82, 2.24) is 0 Å². The lowest BCUT2D eigenvalue weighted by Gasteiger charge is -2.11. The van der Waals surface area contributed by atoms with Gasteiger partial charge < -0.3 is 16.8 Å². The maximum absolute atomic E-state index is 13.8. The van der Waals surface area contributed by atoms with Gasteiger partial charge in [0.05, 0.1) is 28.6 Å². The van der Waals surface area contributed by atoms with Gasteiger partial charge in [-0.2, -0.15) is 5.26 Å². The molecule has 0 aromatic heterocycles. The Balaban J connectivity index is 2.42. The summed E-state index contributed by atoms with van der Waals surface area (Å²) in [7, 11) is 0. The molecule has 0 heterocycles. The van der Waals surface area contributed by atoms with Gasteiger partial charge in [0.1, 0.15) is 5.82 Å². The first-order valence-electron chi connectivity index (χ1n) is 5.67. The van der Waals surface area contributed by atoms with Crippen LogP contribution in [0.3, 0.4) is 0 Å². The van der Waals surface area contributed by atoms with Crippen LogP contribution in [0.2, 0.25) is 0 Å². The smallest absolute Gasteiger partial charge is 0.250 e. The van der Waals surface area contributed by atoms with Crippen LogP contribution in [0.25, 0.3) is 0 Å². The number of halogens is 1. The number of nitrogens with two attached hydrogens (primary N) is 2. The Morgan fingerprint density at radius 3 is 2.55 bits per heavy atom. The minimum atomic E-state index is -0.651. The molecule has 0 saturated carbocycles. The zero-order chi connectivity index (χ0) is 14.7. The molecule has 0 aliphatic heterocycles. The summed E-state index contributed by atoms with van der Waals surface area (Å²) in [5.74, 6) is -1.26. The Morgan fingerprint density at radius 2 is 1.95 bits per heavy atom. The number of rotatable bonds is 3. The van der Waals surface area contributed by atoms with E-state index in [0.29, 0.717) is 11.4 Å². The van der Waals surface area contributed by atoms with Crippen molar-refractivity contribution in [2.45, 2.75) is 0 Å². The van der Waals surface area contributed by atoms with Crippen molar-refractivity contribution in [3.8, 4) is 6.07 Å². The predicted octanol–water partition coefficient (Wildman–Crippen LogP) is 2.12. The highest BCUT2D eigenvalue weighted by atomic mass is 19.1. The quantitative estimate of drug-likeness (QED) is 0.743. The zero-order valence-corrected chi connectivity index (χ0v) is 10.4. The molecule has 5 nitrogen and oxygen atoms in total. The number of carbonyl (C=O) groups is 1. The highest BCUT2D eigenvalue weighted by molar-refractivity contribution is 5.99. The maximum Gasteiger partial charge on any atom is 0.250 e. The van der Waals surface area contributed by atoms with E-state index >= 15 is 0 Å². The molecule has 2 rings (SSSR count). The monoisotopic (exact) mass is 270 g/mol. The number of amides is 1. The van der Waals surface area contributed by atoms with Gasteiger partial charge in [0.15, 0.2) is 0 Å². The van der Waals surface area contributed by atoms with Crippen LogP contribution in [-0.2, 0) is 0 Å². The fourth-order valence-corrected chi connectivity index (χ4v) is 1.71. The Bertz CT molecular complexity index is 722. The number of anilines is 3. The molecule has 0 spiro atoms. The Morgan fingerprint density at radius 1 is 1.20 bits per heavy atom. The molecular formula is C14H11FN4O. The van der Waals surface area contributed by atoms with Crippen molar-refractivity contribution >= 4 is 23.0 Å². The molecule has 1 amide bonds. The number of nitrogens with zero attached hydrogens (tertiary/aromatic N) is 1. The lowest BCUT2D eigenvalue weighted by Crippen LogP contribution is -2.13. The van der Waals surface area contributed by atoms with Gasteiger partial charge in [-0.25, -0.2) is 4.39 Å². The molecule has 0 fully saturated rings. The number of primary amides is 1. The second kappa shape index (κ2) is 5.28. The average Bonchev–Trinajstić information content (AvgIpc) is 2.40. The molecule has 2 aromatic carbocycles.